The Bertz CT molecular complexity index is 595. The van der Waals surface area contributed by atoms with Gasteiger partial charge in [-0.15, -0.1) is 0 Å². The number of amides is 1. The summed E-state index contributed by atoms with van der Waals surface area (Å²) in [5.74, 6) is -0.371. The number of likely N-dealkylation sites (tertiary alicyclic amines) is 1. The van der Waals surface area contributed by atoms with Gasteiger partial charge in [-0.3, -0.25) is 4.79 Å². The highest BCUT2D eigenvalue weighted by Crippen LogP contribution is 2.28. The van der Waals surface area contributed by atoms with Crippen molar-refractivity contribution in [3.05, 3.63) is 28.8 Å². The first-order valence-corrected chi connectivity index (χ1v) is 8.62. The summed E-state index contributed by atoms with van der Waals surface area (Å²) in [5, 5.41) is 0.109. The van der Waals surface area contributed by atoms with Gasteiger partial charge in [0.05, 0.1) is 15.5 Å². The lowest BCUT2D eigenvalue weighted by Gasteiger charge is -2.27. The maximum atomic E-state index is 12.4. The standard InChI is InChI=1S/C12H13Cl2NO3S/c13-9-5-4-6-10(19(14,17)18)11(9)12(16)15-7-2-1-3-8-15/h4-6H,1-3,7-8H2. The average molecular weight is 322 g/mol. The van der Waals surface area contributed by atoms with Gasteiger partial charge in [0, 0.05) is 23.8 Å². The molecule has 1 fully saturated rings. The van der Waals surface area contributed by atoms with Gasteiger partial charge in [0.2, 0.25) is 0 Å². The molecule has 0 bridgehead atoms. The maximum absolute atomic E-state index is 12.4. The number of hydrogen-bond donors (Lipinski definition) is 0. The zero-order valence-corrected chi connectivity index (χ0v) is 12.4. The monoisotopic (exact) mass is 321 g/mol. The predicted octanol–water partition coefficient (Wildman–Crippen LogP) is 2.89. The summed E-state index contributed by atoms with van der Waals surface area (Å²) >= 11 is 5.98. The van der Waals surface area contributed by atoms with E-state index >= 15 is 0 Å². The van der Waals surface area contributed by atoms with Crippen molar-refractivity contribution in [2.24, 2.45) is 0 Å². The summed E-state index contributed by atoms with van der Waals surface area (Å²) in [6, 6.07) is 4.25. The van der Waals surface area contributed by atoms with Crippen molar-refractivity contribution in [2.75, 3.05) is 13.1 Å². The molecule has 0 N–H and O–H groups in total. The smallest absolute Gasteiger partial charge is 0.262 e. The van der Waals surface area contributed by atoms with Crippen LogP contribution in [-0.4, -0.2) is 32.3 Å². The van der Waals surface area contributed by atoms with E-state index in [0.717, 1.165) is 19.3 Å². The first kappa shape index (κ1) is 14.6. The van der Waals surface area contributed by atoms with E-state index < -0.39 is 9.05 Å². The minimum atomic E-state index is -4.00. The van der Waals surface area contributed by atoms with Crippen molar-refractivity contribution in [2.45, 2.75) is 24.2 Å². The van der Waals surface area contributed by atoms with E-state index in [2.05, 4.69) is 0 Å². The fourth-order valence-electron chi connectivity index (χ4n) is 2.17. The van der Waals surface area contributed by atoms with Gasteiger partial charge in [0.15, 0.2) is 0 Å². The first-order valence-electron chi connectivity index (χ1n) is 5.93. The van der Waals surface area contributed by atoms with Crippen LogP contribution in [0.3, 0.4) is 0 Å². The number of piperidine rings is 1. The molecule has 1 aromatic rings. The van der Waals surface area contributed by atoms with Crippen LogP contribution in [0.15, 0.2) is 23.1 Å². The lowest BCUT2D eigenvalue weighted by Crippen LogP contribution is -2.36. The number of carbonyl (C=O) groups is 1. The molecular weight excluding hydrogens is 309 g/mol. The summed E-state index contributed by atoms with van der Waals surface area (Å²) in [5.41, 5.74) is -0.0268. The topological polar surface area (TPSA) is 54.5 Å². The predicted molar refractivity (Wildman–Crippen MR) is 74.2 cm³/mol. The second-order valence-corrected chi connectivity index (χ2v) is 7.35. The Morgan fingerprint density at radius 2 is 1.79 bits per heavy atom. The summed E-state index contributed by atoms with van der Waals surface area (Å²) in [6.07, 6.45) is 2.91. The van der Waals surface area contributed by atoms with Crippen molar-refractivity contribution in [1.82, 2.24) is 4.90 Å². The van der Waals surface area contributed by atoms with Crippen molar-refractivity contribution in [3.8, 4) is 0 Å². The zero-order chi connectivity index (χ0) is 14.0. The second-order valence-electron chi connectivity index (χ2n) is 4.40. The SMILES string of the molecule is O=C(c1c(Cl)cccc1S(=O)(=O)Cl)N1CCCCC1. The summed E-state index contributed by atoms with van der Waals surface area (Å²) in [4.78, 5) is 13.8. The van der Waals surface area contributed by atoms with E-state index in [0.29, 0.717) is 13.1 Å². The fourth-order valence-corrected chi connectivity index (χ4v) is 3.55. The van der Waals surface area contributed by atoms with E-state index in [1.54, 1.807) is 4.90 Å². The van der Waals surface area contributed by atoms with Crippen molar-refractivity contribution >= 4 is 37.2 Å². The zero-order valence-electron chi connectivity index (χ0n) is 10.1. The van der Waals surface area contributed by atoms with Gasteiger partial charge in [-0.05, 0) is 31.4 Å². The Hall–Kier alpha value is -0.780. The van der Waals surface area contributed by atoms with Crippen LogP contribution in [0.2, 0.25) is 5.02 Å². The highest BCUT2D eigenvalue weighted by Gasteiger charge is 2.27. The van der Waals surface area contributed by atoms with E-state index in [4.69, 9.17) is 22.3 Å². The average Bonchev–Trinajstić information content (AvgIpc) is 2.37. The molecule has 7 heteroatoms. The normalized spacial score (nSPS) is 16.4. The van der Waals surface area contributed by atoms with Gasteiger partial charge in [-0.25, -0.2) is 8.42 Å². The molecule has 1 amide bonds. The van der Waals surface area contributed by atoms with Crippen LogP contribution in [0.1, 0.15) is 29.6 Å². The second kappa shape index (κ2) is 5.69. The third-order valence-corrected chi connectivity index (χ3v) is 4.77. The molecule has 4 nitrogen and oxygen atoms in total. The molecule has 1 aliphatic rings. The molecule has 1 saturated heterocycles. The van der Waals surface area contributed by atoms with E-state index in [1.165, 1.54) is 18.2 Å². The van der Waals surface area contributed by atoms with Crippen LogP contribution < -0.4 is 0 Å². The van der Waals surface area contributed by atoms with Gasteiger partial charge in [-0.2, -0.15) is 0 Å². The highest BCUT2D eigenvalue weighted by molar-refractivity contribution is 8.13. The van der Waals surface area contributed by atoms with Gasteiger partial charge in [0.25, 0.3) is 15.0 Å². The molecule has 1 aliphatic heterocycles. The van der Waals surface area contributed by atoms with Crippen LogP contribution in [0.25, 0.3) is 0 Å². The molecule has 2 rings (SSSR count). The van der Waals surface area contributed by atoms with Crippen LogP contribution in [0.4, 0.5) is 0 Å². The number of benzene rings is 1. The number of rotatable bonds is 2. The maximum Gasteiger partial charge on any atom is 0.262 e. The molecule has 104 valence electrons. The number of carbonyl (C=O) groups excluding carboxylic acids is 1. The van der Waals surface area contributed by atoms with Crippen molar-refractivity contribution in [1.29, 1.82) is 0 Å². The van der Waals surface area contributed by atoms with Gasteiger partial charge in [-0.1, -0.05) is 17.7 Å². The largest absolute Gasteiger partial charge is 0.339 e. The third-order valence-electron chi connectivity index (χ3n) is 3.10. The number of halogens is 2. The Morgan fingerprint density at radius 3 is 2.37 bits per heavy atom. The van der Waals surface area contributed by atoms with Crippen LogP contribution in [0, 0.1) is 0 Å². The molecule has 0 saturated carbocycles. The molecular formula is C12H13Cl2NO3S. The van der Waals surface area contributed by atoms with Gasteiger partial charge < -0.3 is 4.90 Å². The third kappa shape index (κ3) is 3.22. The molecule has 1 aromatic carbocycles. The minimum absolute atomic E-state index is 0.0268. The van der Waals surface area contributed by atoms with Crippen molar-refractivity contribution < 1.29 is 13.2 Å². The summed E-state index contributed by atoms with van der Waals surface area (Å²) < 4.78 is 23.1. The molecule has 0 unspecified atom stereocenters. The Morgan fingerprint density at radius 1 is 1.16 bits per heavy atom. The molecule has 1 heterocycles. The lowest BCUT2D eigenvalue weighted by atomic mass is 10.1. The first-order chi connectivity index (χ1) is 8.91. The van der Waals surface area contributed by atoms with E-state index in [1.807, 2.05) is 0 Å². The Kier molecular flexibility index (Phi) is 4.38. The van der Waals surface area contributed by atoms with E-state index in [-0.39, 0.29) is 21.4 Å². The Labute approximate surface area is 121 Å². The molecule has 0 aliphatic carbocycles. The fraction of sp³-hybridized carbons (Fsp3) is 0.417. The quantitative estimate of drug-likeness (QED) is 0.787. The van der Waals surface area contributed by atoms with Crippen LogP contribution >= 0.6 is 22.3 Å². The molecule has 19 heavy (non-hydrogen) atoms. The summed E-state index contributed by atoms with van der Waals surface area (Å²) in [7, 11) is 1.36. The lowest BCUT2D eigenvalue weighted by molar-refractivity contribution is 0.0720. The molecule has 0 atom stereocenters. The van der Waals surface area contributed by atoms with Crippen LogP contribution in [-0.2, 0) is 9.05 Å². The van der Waals surface area contributed by atoms with Crippen molar-refractivity contribution in [3.63, 3.8) is 0 Å². The highest BCUT2D eigenvalue weighted by atomic mass is 35.7. The number of nitrogens with zero attached hydrogens (tertiary/aromatic N) is 1. The van der Waals surface area contributed by atoms with Gasteiger partial charge in [0.1, 0.15) is 0 Å². The molecule has 0 radical (unpaired) electrons. The minimum Gasteiger partial charge on any atom is -0.339 e. The van der Waals surface area contributed by atoms with Gasteiger partial charge >= 0.3 is 0 Å². The Balaban J connectivity index is 2.46. The summed E-state index contributed by atoms with van der Waals surface area (Å²) in [6.45, 7) is 1.23. The van der Waals surface area contributed by atoms with Crippen LogP contribution in [0.5, 0.6) is 0 Å². The van der Waals surface area contributed by atoms with E-state index in [9.17, 15) is 13.2 Å². The molecule has 0 aromatic heterocycles. The molecule has 0 spiro atoms. The number of hydrogen-bond acceptors (Lipinski definition) is 3.